The first kappa shape index (κ1) is 13.7. The van der Waals surface area contributed by atoms with Crippen molar-refractivity contribution in [2.75, 3.05) is 37.2 Å². The predicted octanol–water partition coefficient (Wildman–Crippen LogP) is 1.72. The van der Waals surface area contributed by atoms with Gasteiger partial charge >= 0.3 is 5.97 Å². The van der Waals surface area contributed by atoms with Crippen LogP contribution in [0.2, 0.25) is 0 Å². The van der Waals surface area contributed by atoms with Gasteiger partial charge in [0.1, 0.15) is 0 Å². The first-order valence-corrected chi connectivity index (χ1v) is 6.69. The molecule has 0 aliphatic carbocycles. The SMILES string of the molecule is CCN1CCC(CNc2cc(N)ccc2C(=O)O)C1. The lowest BCUT2D eigenvalue weighted by Gasteiger charge is -2.15. The molecule has 1 aromatic rings. The van der Waals surface area contributed by atoms with Crippen LogP contribution in [0, 0.1) is 5.92 Å². The lowest BCUT2D eigenvalue weighted by molar-refractivity contribution is 0.0698. The molecule has 1 atom stereocenters. The number of anilines is 2. The van der Waals surface area contributed by atoms with Crippen LogP contribution in [0.5, 0.6) is 0 Å². The van der Waals surface area contributed by atoms with Crippen molar-refractivity contribution in [3.05, 3.63) is 23.8 Å². The summed E-state index contributed by atoms with van der Waals surface area (Å²) >= 11 is 0. The number of rotatable bonds is 5. The zero-order chi connectivity index (χ0) is 13.8. The van der Waals surface area contributed by atoms with E-state index in [4.69, 9.17) is 10.8 Å². The number of hydrogen-bond acceptors (Lipinski definition) is 4. The lowest BCUT2D eigenvalue weighted by Crippen LogP contribution is -2.23. The molecule has 1 aliphatic rings. The summed E-state index contributed by atoms with van der Waals surface area (Å²) in [5.41, 5.74) is 7.18. The van der Waals surface area contributed by atoms with Crippen molar-refractivity contribution in [2.45, 2.75) is 13.3 Å². The second kappa shape index (κ2) is 5.93. The molecule has 4 N–H and O–H groups in total. The Morgan fingerprint density at radius 2 is 2.37 bits per heavy atom. The largest absolute Gasteiger partial charge is 0.478 e. The van der Waals surface area contributed by atoms with Crippen LogP contribution >= 0.6 is 0 Å². The van der Waals surface area contributed by atoms with E-state index in [0.29, 0.717) is 17.3 Å². The van der Waals surface area contributed by atoms with Crippen LogP contribution in [0.4, 0.5) is 11.4 Å². The molecule has 1 fully saturated rings. The Bertz CT molecular complexity index is 462. The van der Waals surface area contributed by atoms with Gasteiger partial charge in [-0.15, -0.1) is 0 Å². The van der Waals surface area contributed by atoms with Crippen LogP contribution in [0.1, 0.15) is 23.7 Å². The fourth-order valence-electron chi connectivity index (χ4n) is 2.52. The van der Waals surface area contributed by atoms with E-state index in [1.165, 1.54) is 0 Å². The molecule has 0 radical (unpaired) electrons. The van der Waals surface area contributed by atoms with Gasteiger partial charge < -0.3 is 21.1 Å². The maximum Gasteiger partial charge on any atom is 0.337 e. The standard InChI is InChI=1S/C14H21N3O2/c1-2-17-6-5-10(9-17)8-16-13-7-11(15)3-4-12(13)14(18)19/h3-4,7,10,16H,2,5-6,8-9,15H2,1H3,(H,18,19). The van der Waals surface area contributed by atoms with E-state index in [0.717, 1.165) is 32.6 Å². The number of nitrogens with one attached hydrogen (secondary N) is 1. The van der Waals surface area contributed by atoms with Crippen LogP contribution in [0.15, 0.2) is 18.2 Å². The molecule has 0 spiro atoms. The van der Waals surface area contributed by atoms with Crippen molar-refractivity contribution in [1.29, 1.82) is 0 Å². The van der Waals surface area contributed by atoms with Gasteiger partial charge in [-0.3, -0.25) is 0 Å². The Hall–Kier alpha value is -1.75. The summed E-state index contributed by atoms with van der Waals surface area (Å²) < 4.78 is 0. The molecular formula is C14H21N3O2. The molecule has 0 aromatic heterocycles. The van der Waals surface area contributed by atoms with Crippen molar-refractivity contribution >= 4 is 17.3 Å². The van der Waals surface area contributed by atoms with Crippen molar-refractivity contribution in [3.8, 4) is 0 Å². The van der Waals surface area contributed by atoms with Crippen molar-refractivity contribution in [3.63, 3.8) is 0 Å². The highest BCUT2D eigenvalue weighted by Gasteiger charge is 2.21. The van der Waals surface area contributed by atoms with Gasteiger partial charge in [0.15, 0.2) is 0 Å². The number of nitrogen functional groups attached to an aromatic ring is 1. The highest BCUT2D eigenvalue weighted by Crippen LogP contribution is 2.22. The van der Waals surface area contributed by atoms with E-state index >= 15 is 0 Å². The molecular weight excluding hydrogens is 242 g/mol. The van der Waals surface area contributed by atoms with E-state index in [9.17, 15) is 4.79 Å². The number of likely N-dealkylation sites (tertiary alicyclic amines) is 1. The molecule has 1 aliphatic heterocycles. The van der Waals surface area contributed by atoms with Gasteiger partial charge in [0.2, 0.25) is 0 Å². The average Bonchev–Trinajstić information content (AvgIpc) is 2.84. The molecule has 1 heterocycles. The topological polar surface area (TPSA) is 78.6 Å². The fourth-order valence-corrected chi connectivity index (χ4v) is 2.52. The van der Waals surface area contributed by atoms with E-state index in [1.54, 1.807) is 18.2 Å². The number of nitrogens with two attached hydrogens (primary N) is 1. The zero-order valence-corrected chi connectivity index (χ0v) is 11.2. The molecule has 0 saturated carbocycles. The second-order valence-electron chi connectivity index (χ2n) is 5.04. The van der Waals surface area contributed by atoms with Crippen LogP contribution in [0.3, 0.4) is 0 Å². The average molecular weight is 263 g/mol. The quantitative estimate of drug-likeness (QED) is 0.705. The molecule has 1 saturated heterocycles. The monoisotopic (exact) mass is 263 g/mol. The minimum Gasteiger partial charge on any atom is -0.478 e. The molecule has 5 nitrogen and oxygen atoms in total. The minimum absolute atomic E-state index is 0.277. The molecule has 0 bridgehead atoms. The summed E-state index contributed by atoms with van der Waals surface area (Å²) in [6, 6.07) is 4.85. The van der Waals surface area contributed by atoms with Crippen LogP contribution in [-0.2, 0) is 0 Å². The van der Waals surface area contributed by atoms with Gasteiger partial charge in [-0.2, -0.15) is 0 Å². The third-order valence-corrected chi connectivity index (χ3v) is 3.67. The molecule has 1 aromatic carbocycles. The van der Waals surface area contributed by atoms with E-state index in [1.807, 2.05) is 0 Å². The van der Waals surface area contributed by atoms with Gasteiger partial charge in [0, 0.05) is 18.8 Å². The second-order valence-corrected chi connectivity index (χ2v) is 5.04. The van der Waals surface area contributed by atoms with Crippen molar-refractivity contribution in [2.24, 2.45) is 5.92 Å². The Kier molecular flexibility index (Phi) is 4.27. The van der Waals surface area contributed by atoms with Gasteiger partial charge in [-0.25, -0.2) is 4.79 Å². The first-order chi connectivity index (χ1) is 9.10. The van der Waals surface area contributed by atoms with Crippen molar-refractivity contribution < 1.29 is 9.90 Å². The third-order valence-electron chi connectivity index (χ3n) is 3.67. The highest BCUT2D eigenvalue weighted by atomic mass is 16.4. The van der Waals surface area contributed by atoms with Gasteiger partial charge in [-0.05, 0) is 43.6 Å². The summed E-state index contributed by atoms with van der Waals surface area (Å²) in [7, 11) is 0. The predicted molar refractivity (Wildman–Crippen MR) is 76.5 cm³/mol. The van der Waals surface area contributed by atoms with Crippen molar-refractivity contribution in [1.82, 2.24) is 4.90 Å². The van der Waals surface area contributed by atoms with Gasteiger partial charge in [0.05, 0.1) is 11.3 Å². The molecule has 2 rings (SSSR count). The van der Waals surface area contributed by atoms with Crippen LogP contribution in [-0.4, -0.2) is 42.2 Å². The highest BCUT2D eigenvalue weighted by molar-refractivity contribution is 5.95. The van der Waals surface area contributed by atoms with Crippen LogP contribution < -0.4 is 11.1 Å². The molecule has 1 unspecified atom stereocenters. The number of hydrogen-bond donors (Lipinski definition) is 3. The number of benzene rings is 1. The Labute approximate surface area is 113 Å². The normalized spacial score (nSPS) is 19.5. The minimum atomic E-state index is -0.927. The third kappa shape index (κ3) is 3.38. The molecule has 0 amide bonds. The van der Waals surface area contributed by atoms with E-state index in [-0.39, 0.29) is 5.56 Å². The fraction of sp³-hybridized carbons (Fsp3) is 0.500. The Balaban J connectivity index is 1.99. The van der Waals surface area contributed by atoms with Gasteiger partial charge in [0.25, 0.3) is 0 Å². The van der Waals surface area contributed by atoms with Crippen LogP contribution in [0.25, 0.3) is 0 Å². The summed E-state index contributed by atoms with van der Waals surface area (Å²) in [5.74, 6) is -0.355. The Morgan fingerprint density at radius 3 is 3.00 bits per heavy atom. The first-order valence-electron chi connectivity index (χ1n) is 6.69. The molecule has 19 heavy (non-hydrogen) atoms. The lowest BCUT2D eigenvalue weighted by atomic mass is 10.1. The molecule has 5 heteroatoms. The number of carbonyl (C=O) groups is 1. The number of nitrogens with zero attached hydrogens (tertiary/aromatic N) is 1. The summed E-state index contributed by atoms with van der Waals surface area (Å²) in [4.78, 5) is 13.5. The maximum absolute atomic E-state index is 11.1. The number of aromatic carboxylic acids is 1. The summed E-state index contributed by atoms with van der Waals surface area (Å²) in [6.07, 6.45) is 1.16. The maximum atomic E-state index is 11.1. The zero-order valence-electron chi connectivity index (χ0n) is 11.2. The molecule has 104 valence electrons. The van der Waals surface area contributed by atoms with E-state index in [2.05, 4.69) is 17.1 Å². The van der Waals surface area contributed by atoms with E-state index < -0.39 is 5.97 Å². The smallest absolute Gasteiger partial charge is 0.337 e. The summed E-state index contributed by atoms with van der Waals surface area (Å²) in [6.45, 7) is 6.24. The van der Waals surface area contributed by atoms with Gasteiger partial charge in [-0.1, -0.05) is 6.92 Å². The Morgan fingerprint density at radius 1 is 1.58 bits per heavy atom. The number of carboxylic acids is 1. The summed E-state index contributed by atoms with van der Waals surface area (Å²) in [5, 5.41) is 12.4. The number of carboxylic acid groups (broad SMARTS) is 1.